The summed E-state index contributed by atoms with van der Waals surface area (Å²) in [5.74, 6) is 5.01. The second-order valence-corrected chi connectivity index (χ2v) is 3.44. The number of piperidine rings is 1. The van der Waals surface area contributed by atoms with E-state index in [0.29, 0.717) is 12.6 Å². The van der Waals surface area contributed by atoms with Gasteiger partial charge in [-0.3, -0.25) is 0 Å². The zero-order chi connectivity index (χ0) is 8.81. The molecule has 0 bridgehead atoms. The maximum absolute atomic E-state index is 5.01. The number of likely N-dealkylation sites (tertiary alicyclic amines) is 1. The first-order valence-electron chi connectivity index (χ1n) is 4.94. The van der Waals surface area contributed by atoms with Crippen LogP contribution in [0, 0.1) is 0 Å². The molecule has 1 aliphatic heterocycles. The molecule has 72 valence electrons. The number of hydrogen-bond donors (Lipinski definition) is 1. The van der Waals surface area contributed by atoms with Gasteiger partial charge >= 0.3 is 0 Å². The van der Waals surface area contributed by atoms with Gasteiger partial charge in [-0.25, -0.2) is 5.90 Å². The lowest BCUT2D eigenvalue weighted by atomic mass is 10.00. The Bertz CT molecular complexity index is 119. The molecule has 0 aromatic carbocycles. The summed E-state index contributed by atoms with van der Waals surface area (Å²) >= 11 is 0. The van der Waals surface area contributed by atoms with Gasteiger partial charge in [-0.05, 0) is 32.4 Å². The molecule has 1 rings (SSSR count). The topological polar surface area (TPSA) is 38.5 Å². The molecule has 1 heterocycles. The molecular formula is C9H20N2O. The van der Waals surface area contributed by atoms with Gasteiger partial charge in [0, 0.05) is 6.04 Å². The highest BCUT2D eigenvalue weighted by Gasteiger charge is 2.19. The summed E-state index contributed by atoms with van der Waals surface area (Å²) in [5, 5.41) is 0. The molecule has 0 saturated carbocycles. The molecule has 0 aliphatic carbocycles. The van der Waals surface area contributed by atoms with Gasteiger partial charge in [0.25, 0.3) is 0 Å². The Balaban J connectivity index is 2.26. The first kappa shape index (κ1) is 9.96. The molecular weight excluding hydrogens is 152 g/mol. The Morgan fingerprint density at radius 1 is 1.50 bits per heavy atom. The smallest absolute Gasteiger partial charge is 0.0694 e. The molecule has 12 heavy (non-hydrogen) atoms. The third kappa shape index (κ3) is 2.73. The summed E-state index contributed by atoms with van der Waals surface area (Å²) in [5.41, 5.74) is 0. The molecule has 2 N–H and O–H groups in total. The quantitative estimate of drug-likeness (QED) is 0.646. The van der Waals surface area contributed by atoms with E-state index >= 15 is 0 Å². The average Bonchev–Trinajstić information content (AvgIpc) is 2.15. The van der Waals surface area contributed by atoms with Crippen LogP contribution in [0.4, 0.5) is 0 Å². The second kappa shape index (κ2) is 5.51. The van der Waals surface area contributed by atoms with Crippen molar-refractivity contribution in [1.82, 2.24) is 4.90 Å². The van der Waals surface area contributed by atoms with Crippen LogP contribution in [0.15, 0.2) is 0 Å². The maximum Gasteiger partial charge on any atom is 0.0694 e. The summed E-state index contributed by atoms with van der Waals surface area (Å²) in [6.45, 7) is 5.34. The van der Waals surface area contributed by atoms with Crippen LogP contribution in [0.25, 0.3) is 0 Å². The van der Waals surface area contributed by atoms with E-state index in [4.69, 9.17) is 5.90 Å². The highest BCUT2D eigenvalue weighted by atomic mass is 16.6. The minimum atomic E-state index is 0.696. The third-order valence-electron chi connectivity index (χ3n) is 2.72. The van der Waals surface area contributed by atoms with Gasteiger partial charge in [0.05, 0.1) is 6.61 Å². The van der Waals surface area contributed by atoms with Crippen molar-refractivity contribution in [1.29, 1.82) is 0 Å². The first-order chi connectivity index (χ1) is 5.88. The molecule has 1 aliphatic rings. The number of rotatable bonds is 4. The van der Waals surface area contributed by atoms with E-state index in [0.717, 1.165) is 13.0 Å². The molecule has 0 radical (unpaired) electrons. The van der Waals surface area contributed by atoms with Gasteiger partial charge in [0.15, 0.2) is 0 Å². The van der Waals surface area contributed by atoms with E-state index in [-0.39, 0.29) is 0 Å². The van der Waals surface area contributed by atoms with E-state index in [1.165, 1.54) is 25.8 Å². The predicted octanol–water partition coefficient (Wildman–Crippen LogP) is 1.14. The second-order valence-electron chi connectivity index (χ2n) is 3.44. The molecule has 1 atom stereocenters. The number of nitrogens with two attached hydrogens (primary N) is 1. The van der Waals surface area contributed by atoms with Gasteiger partial charge in [-0.2, -0.15) is 0 Å². The van der Waals surface area contributed by atoms with Crippen molar-refractivity contribution in [3.8, 4) is 0 Å². The van der Waals surface area contributed by atoms with Crippen molar-refractivity contribution in [3.05, 3.63) is 0 Å². The van der Waals surface area contributed by atoms with Crippen LogP contribution < -0.4 is 5.90 Å². The van der Waals surface area contributed by atoms with Gasteiger partial charge < -0.3 is 9.74 Å². The summed E-state index contributed by atoms with van der Waals surface area (Å²) < 4.78 is 0. The zero-order valence-corrected chi connectivity index (χ0v) is 7.96. The van der Waals surface area contributed by atoms with Crippen molar-refractivity contribution < 1.29 is 4.84 Å². The summed E-state index contributed by atoms with van der Waals surface area (Å²) in [4.78, 5) is 7.14. The fourth-order valence-corrected chi connectivity index (χ4v) is 2.01. The Morgan fingerprint density at radius 3 is 3.00 bits per heavy atom. The predicted molar refractivity (Wildman–Crippen MR) is 49.6 cm³/mol. The third-order valence-corrected chi connectivity index (χ3v) is 2.72. The maximum atomic E-state index is 5.01. The normalized spacial score (nSPS) is 26.0. The average molecular weight is 172 g/mol. The van der Waals surface area contributed by atoms with Crippen LogP contribution >= 0.6 is 0 Å². The van der Waals surface area contributed by atoms with Crippen LogP contribution in [0.3, 0.4) is 0 Å². The fraction of sp³-hybridized carbons (Fsp3) is 1.00. The van der Waals surface area contributed by atoms with E-state index in [9.17, 15) is 0 Å². The van der Waals surface area contributed by atoms with Gasteiger partial charge in [0.1, 0.15) is 0 Å². The van der Waals surface area contributed by atoms with Crippen molar-refractivity contribution in [2.45, 2.75) is 38.6 Å². The van der Waals surface area contributed by atoms with Crippen molar-refractivity contribution in [3.63, 3.8) is 0 Å². The Kier molecular flexibility index (Phi) is 4.58. The number of hydrogen-bond acceptors (Lipinski definition) is 3. The molecule has 1 unspecified atom stereocenters. The Morgan fingerprint density at radius 2 is 2.33 bits per heavy atom. The van der Waals surface area contributed by atoms with E-state index in [1.807, 2.05) is 0 Å². The summed E-state index contributed by atoms with van der Waals surface area (Å²) in [6, 6.07) is 0.715. The van der Waals surface area contributed by atoms with Crippen LogP contribution in [0.2, 0.25) is 0 Å². The standard InChI is InChI=1S/C9H20N2O/c1-2-11-7-4-3-5-9(11)6-8-12-10/h9H,2-8,10H2,1H3. The monoisotopic (exact) mass is 172 g/mol. The molecule has 0 aromatic heterocycles. The minimum absolute atomic E-state index is 0.696. The van der Waals surface area contributed by atoms with Gasteiger partial charge in [-0.1, -0.05) is 13.3 Å². The van der Waals surface area contributed by atoms with E-state index in [1.54, 1.807) is 0 Å². The lowest BCUT2D eigenvalue weighted by molar-refractivity contribution is 0.0837. The van der Waals surface area contributed by atoms with Crippen LogP contribution in [0.5, 0.6) is 0 Å². The lowest BCUT2D eigenvalue weighted by Gasteiger charge is -2.34. The highest BCUT2D eigenvalue weighted by molar-refractivity contribution is 4.75. The largest absolute Gasteiger partial charge is 0.305 e. The highest BCUT2D eigenvalue weighted by Crippen LogP contribution is 2.18. The molecule has 0 aromatic rings. The number of nitrogens with zero attached hydrogens (tertiary/aromatic N) is 1. The molecule has 0 spiro atoms. The first-order valence-corrected chi connectivity index (χ1v) is 4.94. The van der Waals surface area contributed by atoms with Gasteiger partial charge in [-0.15, -0.1) is 0 Å². The summed E-state index contributed by atoms with van der Waals surface area (Å²) in [7, 11) is 0. The van der Waals surface area contributed by atoms with Crippen molar-refractivity contribution >= 4 is 0 Å². The SMILES string of the molecule is CCN1CCCCC1CCON. The van der Waals surface area contributed by atoms with Crippen LogP contribution in [0.1, 0.15) is 32.6 Å². The van der Waals surface area contributed by atoms with Crippen molar-refractivity contribution in [2.24, 2.45) is 5.90 Å². The molecule has 0 amide bonds. The molecule has 1 saturated heterocycles. The Labute approximate surface area is 74.8 Å². The van der Waals surface area contributed by atoms with Crippen LogP contribution in [-0.2, 0) is 4.84 Å². The van der Waals surface area contributed by atoms with Gasteiger partial charge in [0.2, 0.25) is 0 Å². The minimum Gasteiger partial charge on any atom is -0.305 e. The fourth-order valence-electron chi connectivity index (χ4n) is 2.01. The van der Waals surface area contributed by atoms with Crippen LogP contribution in [-0.4, -0.2) is 30.6 Å². The van der Waals surface area contributed by atoms with E-state index < -0.39 is 0 Å². The zero-order valence-electron chi connectivity index (χ0n) is 7.96. The van der Waals surface area contributed by atoms with E-state index in [2.05, 4.69) is 16.7 Å². The Hall–Kier alpha value is -0.120. The summed E-state index contributed by atoms with van der Waals surface area (Å²) in [6.07, 6.45) is 5.13. The lowest BCUT2D eigenvalue weighted by Crippen LogP contribution is -2.40. The molecule has 3 heteroatoms. The molecule has 1 fully saturated rings. The molecule has 3 nitrogen and oxygen atoms in total. The van der Waals surface area contributed by atoms with Crippen molar-refractivity contribution in [2.75, 3.05) is 19.7 Å².